The maximum atomic E-state index is 13.3. The number of rotatable bonds is 6. The van der Waals surface area contributed by atoms with Crippen LogP contribution in [-0.2, 0) is 26.4 Å². The van der Waals surface area contributed by atoms with Crippen LogP contribution in [0.5, 0.6) is 0 Å². The van der Waals surface area contributed by atoms with Crippen molar-refractivity contribution in [2.24, 2.45) is 7.05 Å². The van der Waals surface area contributed by atoms with E-state index in [1.807, 2.05) is 0 Å². The first-order valence-electron chi connectivity index (χ1n) is 8.37. The molecule has 0 saturated heterocycles. The number of hydrogen-bond acceptors (Lipinski definition) is 9. The van der Waals surface area contributed by atoms with Gasteiger partial charge in [0.15, 0.2) is 16.1 Å². The molecule has 2 aromatic rings. The van der Waals surface area contributed by atoms with Crippen LogP contribution in [0.25, 0.3) is 0 Å². The normalized spacial score (nSPS) is 12.3. The lowest BCUT2D eigenvalue weighted by molar-refractivity contribution is 0.0301. The Kier molecular flexibility index (Phi) is 6.80. The highest BCUT2D eigenvalue weighted by molar-refractivity contribution is 7.90. The number of anilines is 1. The molecule has 0 radical (unpaired) electrons. The van der Waals surface area contributed by atoms with Crippen molar-refractivity contribution in [3.63, 3.8) is 0 Å². The second-order valence-electron chi connectivity index (χ2n) is 6.02. The van der Waals surface area contributed by atoms with Gasteiger partial charge in [0.1, 0.15) is 0 Å². The van der Waals surface area contributed by atoms with Crippen molar-refractivity contribution in [2.45, 2.75) is 31.9 Å². The Morgan fingerprint density at radius 2 is 2.00 bits per heavy atom. The number of nitrogens with zero attached hydrogens (tertiary/aromatic N) is 5. The first-order valence-corrected chi connectivity index (χ1v) is 10.6. The van der Waals surface area contributed by atoms with E-state index in [1.54, 1.807) is 13.8 Å². The van der Waals surface area contributed by atoms with Crippen LogP contribution in [0.3, 0.4) is 0 Å². The lowest BCUT2D eigenvalue weighted by Crippen LogP contribution is -2.43. The molecule has 1 amide bonds. The lowest BCUT2D eigenvalue weighted by Gasteiger charge is -2.27. The highest BCUT2D eigenvalue weighted by atomic mass is 35.5. The number of tetrazole rings is 1. The first-order chi connectivity index (χ1) is 13.5. The second-order valence-corrected chi connectivity index (χ2v) is 8.35. The van der Waals surface area contributed by atoms with Gasteiger partial charge in [-0.05, 0) is 42.8 Å². The molecule has 0 N–H and O–H groups in total. The fraction of sp³-hybridized carbons (Fsp3) is 0.438. The first kappa shape index (κ1) is 22.6. The number of carbonyl (C=O) groups is 2. The van der Waals surface area contributed by atoms with Gasteiger partial charge in [0.25, 0.3) is 11.9 Å². The van der Waals surface area contributed by atoms with Gasteiger partial charge in [0, 0.05) is 13.3 Å². The molecular formula is C16H20ClN5O6S. The molecule has 29 heavy (non-hydrogen) atoms. The van der Waals surface area contributed by atoms with Crippen LogP contribution in [0.2, 0.25) is 5.02 Å². The van der Waals surface area contributed by atoms with Gasteiger partial charge in [-0.15, -0.1) is 0 Å². The molecule has 1 unspecified atom stereocenters. The average Bonchev–Trinajstić information content (AvgIpc) is 2.99. The summed E-state index contributed by atoms with van der Waals surface area (Å²) in [6, 6.07) is 2.84. The molecule has 2 rings (SSSR count). The third kappa shape index (κ3) is 4.82. The van der Waals surface area contributed by atoms with Gasteiger partial charge in [0.05, 0.1) is 22.1 Å². The predicted molar refractivity (Wildman–Crippen MR) is 102 cm³/mol. The van der Waals surface area contributed by atoms with Gasteiger partial charge in [-0.1, -0.05) is 22.8 Å². The fourth-order valence-electron chi connectivity index (χ4n) is 2.59. The number of hydrogen-bond donors (Lipinski definition) is 0. The van der Waals surface area contributed by atoms with Crippen LogP contribution in [0, 0.1) is 6.92 Å². The summed E-state index contributed by atoms with van der Waals surface area (Å²) < 4.78 is 35.3. The van der Waals surface area contributed by atoms with Crippen molar-refractivity contribution in [3.05, 3.63) is 28.3 Å². The van der Waals surface area contributed by atoms with Gasteiger partial charge in [-0.3, -0.25) is 4.79 Å². The molecule has 0 fully saturated rings. The highest BCUT2D eigenvalue weighted by Gasteiger charge is 2.33. The molecule has 0 aliphatic rings. The molecule has 13 heteroatoms. The van der Waals surface area contributed by atoms with E-state index in [9.17, 15) is 18.0 Å². The number of aromatic nitrogens is 4. The number of benzene rings is 1. The van der Waals surface area contributed by atoms with Crippen molar-refractivity contribution < 1.29 is 27.5 Å². The number of amides is 1. The minimum atomic E-state index is -3.71. The summed E-state index contributed by atoms with van der Waals surface area (Å²) in [6.07, 6.45) is -1.20. The summed E-state index contributed by atoms with van der Waals surface area (Å²) in [6.45, 7) is 4.64. The lowest BCUT2D eigenvalue weighted by atomic mass is 10.1. The fourth-order valence-corrected chi connectivity index (χ4v) is 4.40. The van der Waals surface area contributed by atoms with E-state index in [1.165, 1.54) is 30.8 Å². The third-order valence-corrected chi connectivity index (χ3v) is 5.59. The largest absolute Gasteiger partial charge is 0.510 e. The van der Waals surface area contributed by atoms with Gasteiger partial charge in [-0.25, -0.2) is 22.8 Å². The van der Waals surface area contributed by atoms with Crippen LogP contribution in [0.4, 0.5) is 10.7 Å². The van der Waals surface area contributed by atoms with E-state index >= 15 is 0 Å². The smallest absolute Gasteiger partial charge is 0.435 e. The average molecular weight is 446 g/mol. The number of aryl methyl sites for hydroxylation is 2. The van der Waals surface area contributed by atoms with Gasteiger partial charge < -0.3 is 9.47 Å². The summed E-state index contributed by atoms with van der Waals surface area (Å²) in [5.41, 5.74) is 0.261. The maximum absolute atomic E-state index is 13.3. The topological polar surface area (TPSA) is 134 Å². The Bertz CT molecular complexity index is 1040. The summed E-state index contributed by atoms with van der Waals surface area (Å²) in [4.78, 5) is 25.8. The molecule has 1 aromatic heterocycles. The molecule has 0 bridgehead atoms. The Hall–Kier alpha value is -2.73. The van der Waals surface area contributed by atoms with E-state index in [-0.39, 0.29) is 28.0 Å². The van der Waals surface area contributed by atoms with Crippen molar-refractivity contribution in [3.8, 4) is 0 Å². The molecule has 1 atom stereocenters. The highest BCUT2D eigenvalue weighted by Crippen LogP contribution is 2.31. The number of ether oxygens (including phenoxy) is 2. The van der Waals surface area contributed by atoms with E-state index in [2.05, 4.69) is 15.5 Å². The van der Waals surface area contributed by atoms with Crippen molar-refractivity contribution in [2.75, 3.05) is 17.8 Å². The molecule has 0 aliphatic heterocycles. The maximum Gasteiger partial charge on any atom is 0.510 e. The van der Waals surface area contributed by atoms with Crippen LogP contribution < -0.4 is 4.90 Å². The summed E-state index contributed by atoms with van der Waals surface area (Å²) in [5.74, 6) is -0.820. The van der Waals surface area contributed by atoms with E-state index in [0.717, 1.165) is 11.2 Å². The molecule has 0 saturated carbocycles. The Morgan fingerprint density at radius 3 is 2.52 bits per heavy atom. The Morgan fingerprint density at radius 1 is 1.34 bits per heavy atom. The number of sulfone groups is 1. The van der Waals surface area contributed by atoms with Crippen molar-refractivity contribution in [1.29, 1.82) is 0 Å². The second kappa shape index (κ2) is 8.74. The molecule has 0 spiro atoms. The number of halogens is 1. The summed E-state index contributed by atoms with van der Waals surface area (Å²) >= 11 is 6.28. The van der Waals surface area contributed by atoms with Gasteiger partial charge >= 0.3 is 6.16 Å². The molecule has 11 nitrogen and oxygen atoms in total. The van der Waals surface area contributed by atoms with E-state index in [0.29, 0.717) is 5.56 Å². The molecular weight excluding hydrogens is 426 g/mol. The summed E-state index contributed by atoms with van der Waals surface area (Å²) in [5, 5.41) is 10.7. The third-order valence-electron chi connectivity index (χ3n) is 3.82. The molecule has 0 aliphatic carbocycles. The SMILES string of the molecule is CCOC(=O)OC(C)N(C(=O)c1ccc(C)c(S(C)(=O)=O)c1Cl)c1nnnn1C. The zero-order chi connectivity index (χ0) is 21.9. The van der Waals surface area contributed by atoms with Gasteiger partial charge in [-0.2, -0.15) is 0 Å². The number of carbonyl (C=O) groups excluding carboxylic acids is 2. The zero-order valence-electron chi connectivity index (χ0n) is 16.4. The van der Waals surface area contributed by atoms with Gasteiger partial charge in [0.2, 0.25) is 0 Å². The van der Waals surface area contributed by atoms with Crippen LogP contribution in [0.1, 0.15) is 29.8 Å². The Labute approximate surface area is 172 Å². The summed E-state index contributed by atoms with van der Waals surface area (Å²) in [7, 11) is -2.23. The van der Waals surface area contributed by atoms with Crippen LogP contribution in [-0.4, -0.2) is 59.8 Å². The Balaban J connectivity index is 2.57. The molecule has 1 heterocycles. The molecule has 1 aromatic carbocycles. The molecule has 158 valence electrons. The quantitative estimate of drug-likeness (QED) is 0.481. The monoisotopic (exact) mass is 445 g/mol. The van der Waals surface area contributed by atoms with E-state index in [4.69, 9.17) is 21.1 Å². The minimum absolute atomic E-state index is 0.0515. The van der Waals surface area contributed by atoms with Crippen LogP contribution in [0.15, 0.2) is 17.0 Å². The van der Waals surface area contributed by atoms with Crippen LogP contribution >= 0.6 is 11.6 Å². The standard InChI is InChI=1S/C16H20ClN5O6S/c1-6-27-16(24)28-10(3)22(15-18-19-20-21(15)4)14(23)11-8-7-9(2)13(12(11)17)29(5,25)26/h7-8,10H,6H2,1-5H3. The van der Waals surface area contributed by atoms with E-state index < -0.39 is 28.1 Å². The predicted octanol–water partition coefficient (Wildman–Crippen LogP) is 1.74. The zero-order valence-corrected chi connectivity index (χ0v) is 18.0. The van der Waals surface area contributed by atoms with Crippen molar-refractivity contribution >= 4 is 39.4 Å². The minimum Gasteiger partial charge on any atom is -0.435 e. The van der Waals surface area contributed by atoms with Crippen molar-refractivity contribution in [1.82, 2.24) is 20.2 Å².